The summed E-state index contributed by atoms with van der Waals surface area (Å²) in [7, 11) is 0. The summed E-state index contributed by atoms with van der Waals surface area (Å²) >= 11 is 0. The molecule has 0 unspecified atom stereocenters. The summed E-state index contributed by atoms with van der Waals surface area (Å²) in [5.74, 6) is -0.383. The second kappa shape index (κ2) is 7.09. The molecule has 1 fully saturated rings. The van der Waals surface area contributed by atoms with E-state index in [1.807, 2.05) is 20.8 Å². The lowest BCUT2D eigenvalue weighted by Gasteiger charge is -2.29. The van der Waals surface area contributed by atoms with Crippen LogP contribution in [0.1, 0.15) is 34.1 Å². The van der Waals surface area contributed by atoms with Crippen LogP contribution in [0.25, 0.3) is 0 Å². The van der Waals surface area contributed by atoms with Crippen molar-refractivity contribution in [2.24, 2.45) is 5.41 Å². The van der Waals surface area contributed by atoms with Gasteiger partial charge in [-0.25, -0.2) is 4.79 Å². The number of ether oxygens (including phenoxy) is 3. The number of rotatable bonds is 3. The summed E-state index contributed by atoms with van der Waals surface area (Å²) in [6.45, 7) is 7.98. The van der Waals surface area contributed by atoms with Gasteiger partial charge in [-0.05, 0) is 13.3 Å². The van der Waals surface area contributed by atoms with Crippen molar-refractivity contribution in [2.45, 2.75) is 34.1 Å². The van der Waals surface area contributed by atoms with Gasteiger partial charge in [0, 0.05) is 0 Å². The van der Waals surface area contributed by atoms with E-state index in [2.05, 4.69) is 9.47 Å². The highest BCUT2D eigenvalue weighted by Gasteiger charge is 2.41. The fourth-order valence-electron chi connectivity index (χ4n) is 1.01. The molecule has 5 nitrogen and oxygen atoms in total. The summed E-state index contributed by atoms with van der Waals surface area (Å²) in [4.78, 5) is 22.1. The van der Waals surface area contributed by atoms with E-state index in [0.29, 0.717) is 6.61 Å². The highest BCUT2D eigenvalue weighted by atomic mass is 16.7. The van der Waals surface area contributed by atoms with Gasteiger partial charge in [-0.3, -0.25) is 4.79 Å². The van der Waals surface area contributed by atoms with Crippen molar-refractivity contribution < 1.29 is 23.8 Å². The van der Waals surface area contributed by atoms with Crippen LogP contribution in [0.2, 0.25) is 0 Å². The minimum atomic E-state index is -0.858. The number of hydrogen-bond acceptors (Lipinski definition) is 5. The van der Waals surface area contributed by atoms with Gasteiger partial charge in [-0.1, -0.05) is 20.8 Å². The second-order valence-corrected chi connectivity index (χ2v) is 3.52. The minimum absolute atomic E-state index is 0.0222. The van der Waals surface area contributed by atoms with E-state index < -0.39 is 11.6 Å². The Morgan fingerprint density at radius 2 is 1.88 bits per heavy atom. The lowest BCUT2D eigenvalue weighted by atomic mass is 9.93. The normalized spacial score (nSPS) is 17.4. The van der Waals surface area contributed by atoms with E-state index in [4.69, 9.17) is 4.74 Å². The number of hydrogen-bond donors (Lipinski definition) is 0. The van der Waals surface area contributed by atoms with Gasteiger partial charge in [-0.2, -0.15) is 0 Å². The topological polar surface area (TPSA) is 61.8 Å². The molecule has 0 atom stereocenters. The zero-order valence-corrected chi connectivity index (χ0v) is 10.4. The molecule has 0 aliphatic carbocycles. The predicted molar refractivity (Wildman–Crippen MR) is 58.0 cm³/mol. The minimum Gasteiger partial charge on any atom is -0.465 e. The van der Waals surface area contributed by atoms with Crippen molar-refractivity contribution >= 4 is 12.1 Å². The molecule has 0 aromatic rings. The largest absolute Gasteiger partial charge is 0.508 e. The van der Waals surface area contributed by atoms with Crippen molar-refractivity contribution in [3.8, 4) is 0 Å². The van der Waals surface area contributed by atoms with Gasteiger partial charge in [0.15, 0.2) is 0 Å². The monoisotopic (exact) mass is 232 g/mol. The zero-order valence-electron chi connectivity index (χ0n) is 10.4. The van der Waals surface area contributed by atoms with Crippen molar-refractivity contribution in [3.05, 3.63) is 0 Å². The first-order valence-corrected chi connectivity index (χ1v) is 5.55. The molecule has 0 radical (unpaired) electrons. The Hall–Kier alpha value is -1.26. The fraction of sp³-hybridized carbons (Fsp3) is 0.818. The van der Waals surface area contributed by atoms with Crippen LogP contribution < -0.4 is 0 Å². The Kier molecular flexibility index (Phi) is 6.53. The van der Waals surface area contributed by atoms with Crippen LogP contribution in [0.4, 0.5) is 4.79 Å². The highest BCUT2D eigenvalue weighted by Crippen LogP contribution is 2.23. The molecule has 5 heteroatoms. The lowest BCUT2D eigenvalue weighted by Crippen LogP contribution is -2.44. The van der Waals surface area contributed by atoms with Gasteiger partial charge in [0.25, 0.3) is 0 Å². The van der Waals surface area contributed by atoms with E-state index in [9.17, 15) is 9.59 Å². The van der Waals surface area contributed by atoms with Crippen molar-refractivity contribution in [3.63, 3.8) is 0 Å². The maximum Gasteiger partial charge on any atom is 0.508 e. The number of cyclic esters (lactones) is 2. The molecule has 16 heavy (non-hydrogen) atoms. The SMILES string of the molecule is CC.CCCOC(=O)C1(C)COC(=O)OC1. The molecule has 1 aliphatic rings. The Morgan fingerprint density at radius 1 is 1.38 bits per heavy atom. The average molecular weight is 232 g/mol. The third kappa shape index (κ3) is 4.08. The van der Waals surface area contributed by atoms with Gasteiger partial charge in [0.2, 0.25) is 0 Å². The first-order chi connectivity index (χ1) is 7.58. The Morgan fingerprint density at radius 3 is 2.31 bits per heavy atom. The number of esters is 1. The van der Waals surface area contributed by atoms with E-state index in [1.54, 1.807) is 6.92 Å². The van der Waals surface area contributed by atoms with E-state index in [-0.39, 0.29) is 19.2 Å². The quantitative estimate of drug-likeness (QED) is 0.697. The molecule has 1 heterocycles. The van der Waals surface area contributed by atoms with E-state index >= 15 is 0 Å². The molecule has 1 rings (SSSR count). The van der Waals surface area contributed by atoms with Crippen LogP contribution in [-0.2, 0) is 19.0 Å². The van der Waals surface area contributed by atoms with Gasteiger partial charge in [0.05, 0.1) is 6.61 Å². The molecular weight excluding hydrogens is 212 g/mol. The third-order valence-electron chi connectivity index (χ3n) is 1.95. The number of carbonyl (C=O) groups excluding carboxylic acids is 2. The second-order valence-electron chi connectivity index (χ2n) is 3.52. The van der Waals surface area contributed by atoms with Gasteiger partial charge < -0.3 is 14.2 Å². The molecule has 0 amide bonds. The Balaban J connectivity index is 0.00000106. The van der Waals surface area contributed by atoms with Gasteiger partial charge in [-0.15, -0.1) is 0 Å². The van der Waals surface area contributed by atoms with E-state index in [1.165, 1.54) is 0 Å². The lowest BCUT2D eigenvalue weighted by molar-refractivity contribution is -0.166. The fourth-order valence-corrected chi connectivity index (χ4v) is 1.01. The maximum atomic E-state index is 11.5. The van der Waals surface area contributed by atoms with Crippen LogP contribution in [0.3, 0.4) is 0 Å². The summed E-state index contributed by atoms with van der Waals surface area (Å²) in [5, 5.41) is 0. The summed E-state index contributed by atoms with van der Waals surface area (Å²) in [6, 6.07) is 0. The Labute approximate surface area is 96.1 Å². The highest BCUT2D eigenvalue weighted by molar-refractivity contribution is 5.78. The third-order valence-corrected chi connectivity index (χ3v) is 1.95. The van der Waals surface area contributed by atoms with Gasteiger partial charge >= 0.3 is 12.1 Å². The Bertz CT molecular complexity index is 227. The average Bonchev–Trinajstić information content (AvgIpc) is 2.32. The molecule has 0 aromatic heterocycles. The van der Waals surface area contributed by atoms with Gasteiger partial charge in [0.1, 0.15) is 18.6 Å². The first kappa shape index (κ1) is 14.7. The van der Waals surface area contributed by atoms with E-state index in [0.717, 1.165) is 6.42 Å². The molecule has 0 aromatic carbocycles. The standard InChI is InChI=1S/C9H14O5.C2H6/c1-3-4-12-7(10)9(2)5-13-8(11)14-6-9;1-2/h3-6H2,1-2H3;1-2H3. The van der Waals surface area contributed by atoms with Crippen LogP contribution >= 0.6 is 0 Å². The zero-order chi connectivity index (χ0) is 12.6. The van der Waals surface area contributed by atoms with Crippen molar-refractivity contribution in [1.29, 1.82) is 0 Å². The molecule has 0 bridgehead atoms. The molecular formula is C11H20O5. The molecule has 0 spiro atoms. The molecule has 0 saturated carbocycles. The molecule has 0 N–H and O–H groups in total. The molecule has 94 valence electrons. The van der Waals surface area contributed by atoms with Crippen LogP contribution in [0, 0.1) is 5.41 Å². The summed E-state index contributed by atoms with van der Waals surface area (Å²) < 4.78 is 14.2. The smallest absolute Gasteiger partial charge is 0.465 e. The van der Waals surface area contributed by atoms with Crippen LogP contribution in [-0.4, -0.2) is 31.9 Å². The van der Waals surface area contributed by atoms with Crippen molar-refractivity contribution in [2.75, 3.05) is 19.8 Å². The van der Waals surface area contributed by atoms with Crippen LogP contribution in [0.5, 0.6) is 0 Å². The summed E-state index contributed by atoms with van der Waals surface area (Å²) in [5.41, 5.74) is -0.858. The molecule has 1 saturated heterocycles. The predicted octanol–water partition coefficient (Wildman–Crippen LogP) is 2.14. The summed E-state index contributed by atoms with van der Waals surface area (Å²) in [6.07, 6.45) is 0.0356. The maximum absolute atomic E-state index is 11.5. The molecule has 1 aliphatic heterocycles. The first-order valence-electron chi connectivity index (χ1n) is 5.55. The van der Waals surface area contributed by atoms with Crippen LogP contribution in [0.15, 0.2) is 0 Å². The van der Waals surface area contributed by atoms with Crippen molar-refractivity contribution in [1.82, 2.24) is 0 Å². The number of carbonyl (C=O) groups is 2.